The summed E-state index contributed by atoms with van der Waals surface area (Å²) in [6, 6.07) is 10.1. The molecule has 3 heterocycles. The first-order valence-electron chi connectivity index (χ1n) is 10.1. The zero-order valence-corrected chi connectivity index (χ0v) is 16.0. The molecule has 0 aliphatic carbocycles. The van der Waals surface area contributed by atoms with Crippen molar-refractivity contribution in [2.24, 2.45) is 0 Å². The lowest BCUT2D eigenvalue weighted by Gasteiger charge is -2.35. The Bertz CT molecular complexity index is 828. The van der Waals surface area contributed by atoms with Gasteiger partial charge in [-0.1, -0.05) is 18.2 Å². The second-order valence-electron chi connectivity index (χ2n) is 7.42. The zero-order valence-electron chi connectivity index (χ0n) is 16.0. The van der Waals surface area contributed by atoms with Gasteiger partial charge in [-0.3, -0.25) is 4.79 Å². The first-order chi connectivity index (χ1) is 13.8. The van der Waals surface area contributed by atoms with Crippen LogP contribution in [0.5, 0.6) is 0 Å². The van der Waals surface area contributed by atoms with Crippen LogP contribution in [0.4, 0.5) is 17.3 Å². The number of rotatable bonds is 5. The molecule has 1 saturated heterocycles. The van der Waals surface area contributed by atoms with Gasteiger partial charge in [-0.25, -0.2) is 9.97 Å². The lowest BCUT2D eigenvalue weighted by atomic mass is 10.0. The van der Waals surface area contributed by atoms with Gasteiger partial charge in [0.2, 0.25) is 5.91 Å². The van der Waals surface area contributed by atoms with Gasteiger partial charge in [0.1, 0.15) is 18.0 Å². The lowest BCUT2D eigenvalue weighted by Crippen LogP contribution is -2.42. The van der Waals surface area contributed by atoms with Crippen molar-refractivity contribution < 1.29 is 9.90 Å². The Labute approximate surface area is 165 Å². The predicted octanol–water partition coefficient (Wildman–Crippen LogP) is 2.22. The van der Waals surface area contributed by atoms with Gasteiger partial charge < -0.3 is 20.2 Å². The van der Waals surface area contributed by atoms with Crippen molar-refractivity contribution in [3.63, 3.8) is 0 Å². The minimum atomic E-state index is 0.0403. The molecule has 1 fully saturated rings. The molecule has 0 radical (unpaired) electrons. The van der Waals surface area contributed by atoms with Gasteiger partial charge in [-0.15, -0.1) is 0 Å². The number of nitrogens with one attached hydrogen (secondary N) is 1. The fourth-order valence-corrected chi connectivity index (χ4v) is 4.15. The Morgan fingerprint density at radius 3 is 2.96 bits per heavy atom. The first kappa shape index (κ1) is 18.7. The molecule has 2 aliphatic rings. The van der Waals surface area contributed by atoms with E-state index in [1.807, 2.05) is 29.2 Å². The van der Waals surface area contributed by atoms with Crippen LogP contribution in [-0.2, 0) is 11.2 Å². The molecule has 1 atom stereocenters. The Morgan fingerprint density at radius 1 is 1.18 bits per heavy atom. The van der Waals surface area contributed by atoms with E-state index in [0.717, 1.165) is 56.7 Å². The van der Waals surface area contributed by atoms with E-state index in [0.29, 0.717) is 5.82 Å². The number of carbonyl (C=O) groups is 1. The van der Waals surface area contributed by atoms with Crippen LogP contribution in [0, 0.1) is 0 Å². The molecule has 2 aromatic rings. The van der Waals surface area contributed by atoms with Crippen LogP contribution in [-0.4, -0.2) is 53.3 Å². The Kier molecular flexibility index (Phi) is 5.71. The summed E-state index contributed by atoms with van der Waals surface area (Å²) in [6.07, 6.45) is 6.71. The zero-order chi connectivity index (χ0) is 19.3. The van der Waals surface area contributed by atoms with E-state index in [4.69, 9.17) is 0 Å². The number of nitrogens with zero attached hydrogens (tertiary/aromatic N) is 4. The van der Waals surface area contributed by atoms with Gasteiger partial charge in [-0.2, -0.15) is 0 Å². The summed E-state index contributed by atoms with van der Waals surface area (Å²) >= 11 is 0. The Balaban J connectivity index is 1.42. The predicted molar refractivity (Wildman–Crippen MR) is 110 cm³/mol. The van der Waals surface area contributed by atoms with E-state index in [-0.39, 0.29) is 25.1 Å². The molecule has 0 saturated carbocycles. The number of carbonyl (C=O) groups excluding carboxylic acids is 1. The summed E-state index contributed by atoms with van der Waals surface area (Å²) in [4.78, 5) is 25.4. The molecule has 7 heteroatoms. The quantitative estimate of drug-likeness (QED) is 0.827. The highest BCUT2D eigenvalue weighted by molar-refractivity contribution is 5.97. The highest BCUT2D eigenvalue weighted by Crippen LogP contribution is 2.27. The average molecular weight is 381 g/mol. The highest BCUT2D eigenvalue weighted by atomic mass is 16.3. The monoisotopic (exact) mass is 381 g/mol. The summed E-state index contributed by atoms with van der Waals surface area (Å²) in [5.74, 6) is 1.47. The van der Waals surface area contributed by atoms with Crippen molar-refractivity contribution in [1.82, 2.24) is 9.97 Å². The fraction of sp³-hybridized carbons (Fsp3) is 0.476. The molecule has 1 unspecified atom stereocenters. The molecular weight excluding hydrogens is 354 g/mol. The number of aromatic nitrogens is 2. The first-order valence-corrected chi connectivity index (χ1v) is 10.1. The molecule has 4 rings (SSSR count). The maximum absolute atomic E-state index is 12.8. The van der Waals surface area contributed by atoms with Crippen molar-refractivity contribution in [2.45, 2.75) is 38.1 Å². The number of para-hydroxylation sites is 1. The summed E-state index contributed by atoms with van der Waals surface area (Å²) in [5.41, 5.74) is 2.24. The molecule has 0 spiro atoms. The third kappa shape index (κ3) is 3.94. The smallest absolute Gasteiger partial charge is 0.246 e. The molecule has 0 bridgehead atoms. The number of hydrogen-bond donors (Lipinski definition) is 2. The van der Waals surface area contributed by atoms with Gasteiger partial charge >= 0.3 is 0 Å². The Morgan fingerprint density at radius 2 is 2.07 bits per heavy atom. The molecule has 1 amide bonds. The number of aryl methyl sites for hydroxylation is 1. The van der Waals surface area contributed by atoms with E-state index < -0.39 is 0 Å². The molecule has 2 aliphatic heterocycles. The van der Waals surface area contributed by atoms with Crippen LogP contribution in [0.1, 0.15) is 31.2 Å². The van der Waals surface area contributed by atoms with Gasteiger partial charge in [0.25, 0.3) is 0 Å². The van der Waals surface area contributed by atoms with Crippen molar-refractivity contribution in [1.29, 1.82) is 0 Å². The molecular formula is C21H27N5O2. The van der Waals surface area contributed by atoms with Gasteiger partial charge in [-0.05, 0) is 43.7 Å². The van der Waals surface area contributed by atoms with E-state index in [9.17, 15) is 9.90 Å². The molecule has 7 nitrogen and oxygen atoms in total. The third-order valence-electron chi connectivity index (χ3n) is 5.62. The van der Waals surface area contributed by atoms with Gasteiger partial charge in [0.15, 0.2) is 0 Å². The number of fused-ring (bicyclic) bond motifs is 1. The number of amides is 1. The number of hydrogen-bond acceptors (Lipinski definition) is 6. The molecule has 1 aromatic carbocycles. The maximum Gasteiger partial charge on any atom is 0.246 e. The normalized spacial score (nSPS) is 19.2. The standard InChI is InChI=1S/C21H27N5O2/c27-14-17-8-3-4-10-25(17)20-12-19(23-15-24-20)22-13-21(28)26-11-5-7-16-6-1-2-9-18(16)26/h1-2,6,9,12,15,17,27H,3-5,7-8,10-11,13-14H2,(H,22,23,24). The summed E-state index contributed by atoms with van der Waals surface area (Å²) in [7, 11) is 0. The van der Waals surface area contributed by atoms with Crippen LogP contribution in [0.2, 0.25) is 0 Å². The molecule has 2 N–H and O–H groups in total. The fourth-order valence-electron chi connectivity index (χ4n) is 4.15. The van der Waals surface area contributed by atoms with Crippen LogP contribution in [0.3, 0.4) is 0 Å². The van der Waals surface area contributed by atoms with E-state index >= 15 is 0 Å². The number of benzene rings is 1. The molecule has 28 heavy (non-hydrogen) atoms. The minimum Gasteiger partial charge on any atom is -0.394 e. The largest absolute Gasteiger partial charge is 0.394 e. The third-order valence-corrected chi connectivity index (χ3v) is 5.62. The molecule has 148 valence electrons. The maximum atomic E-state index is 12.8. The van der Waals surface area contributed by atoms with E-state index in [1.54, 1.807) is 0 Å². The topological polar surface area (TPSA) is 81.6 Å². The number of piperidine rings is 1. The average Bonchev–Trinajstić information content (AvgIpc) is 2.77. The van der Waals surface area contributed by atoms with E-state index in [2.05, 4.69) is 26.3 Å². The van der Waals surface area contributed by atoms with Crippen LogP contribution < -0.4 is 15.1 Å². The van der Waals surface area contributed by atoms with Crippen molar-refractivity contribution >= 4 is 23.2 Å². The van der Waals surface area contributed by atoms with Gasteiger partial charge in [0, 0.05) is 24.8 Å². The van der Waals surface area contributed by atoms with Crippen LogP contribution >= 0.6 is 0 Å². The van der Waals surface area contributed by atoms with Crippen molar-refractivity contribution in [2.75, 3.05) is 41.4 Å². The highest BCUT2D eigenvalue weighted by Gasteiger charge is 2.24. The SMILES string of the molecule is O=C(CNc1cc(N2CCCCC2CO)ncn1)N1CCCc2ccccc21. The van der Waals surface area contributed by atoms with Crippen molar-refractivity contribution in [3.05, 3.63) is 42.2 Å². The number of aliphatic hydroxyl groups excluding tert-OH is 1. The number of aliphatic hydroxyl groups is 1. The van der Waals surface area contributed by atoms with Crippen LogP contribution in [0.15, 0.2) is 36.7 Å². The summed E-state index contributed by atoms with van der Waals surface area (Å²) in [5, 5.41) is 12.8. The second-order valence-corrected chi connectivity index (χ2v) is 7.42. The van der Waals surface area contributed by atoms with Gasteiger partial charge in [0.05, 0.1) is 19.2 Å². The second kappa shape index (κ2) is 8.56. The van der Waals surface area contributed by atoms with Crippen molar-refractivity contribution in [3.8, 4) is 0 Å². The molecule has 1 aromatic heterocycles. The minimum absolute atomic E-state index is 0.0403. The summed E-state index contributed by atoms with van der Waals surface area (Å²) in [6.45, 7) is 1.94. The van der Waals surface area contributed by atoms with E-state index in [1.165, 1.54) is 11.9 Å². The number of anilines is 3. The van der Waals surface area contributed by atoms with Crippen LogP contribution in [0.25, 0.3) is 0 Å². The lowest BCUT2D eigenvalue weighted by molar-refractivity contribution is -0.117. The summed E-state index contributed by atoms with van der Waals surface area (Å²) < 4.78 is 0. The Hall–Kier alpha value is -2.67.